The quantitative estimate of drug-likeness (QED) is 0.124. The van der Waals surface area contributed by atoms with Crippen molar-refractivity contribution in [2.24, 2.45) is 5.92 Å². The summed E-state index contributed by atoms with van der Waals surface area (Å²) in [6.45, 7) is 6.31. The van der Waals surface area contributed by atoms with Crippen molar-refractivity contribution >= 4 is 37.7 Å². The van der Waals surface area contributed by atoms with Crippen LogP contribution in [0.3, 0.4) is 0 Å². The van der Waals surface area contributed by atoms with Gasteiger partial charge in [0.05, 0.1) is 0 Å². The van der Waals surface area contributed by atoms with Gasteiger partial charge in [-0.1, -0.05) is 6.92 Å². The average molecular weight is 544 g/mol. The molecule has 0 aromatic carbocycles. The molecule has 2 N–H and O–H groups in total. The molecular formula is C20H33O15P. The van der Waals surface area contributed by atoms with Gasteiger partial charge in [-0.3, -0.25) is 28.5 Å². The fraction of sp³-hybridized carbons (Fsp3) is 0.750. The number of esters is 5. The summed E-state index contributed by atoms with van der Waals surface area (Å²) < 4.78 is 46.7. The van der Waals surface area contributed by atoms with Gasteiger partial charge in [-0.15, -0.1) is 0 Å². The van der Waals surface area contributed by atoms with E-state index in [2.05, 4.69) is 4.52 Å². The molecule has 0 saturated heterocycles. The highest BCUT2D eigenvalue weighted by molar-refractivity contribution is 7.46. The Morgan fingerprint density at radius 1 is 0.722 bits per heavy atom. The van der Waals surface area contributed by atoms with Gasteiger partial charge >= 0.3 is 37.7 Å². The van der Waals surface area contributed by atoms with Crippen LogP contribution in [-0.2, 0) is 61.5 Å². The largest absolute Gasteiger partial charge is 0.472 e. The molecule has 208 valence electrons. The van der Waals surface area contributed by atoms with E-state index in [1.165, 1.54) is 6.92 Å². The summed E-state index contributed by atoms with van der Waals surface area (Å²) in [7, 11) is -4.12. The van der Waals surface area contributed by atoms with Crippen LogP contribution in [0.1, 0.15) is 48.0 Å². The number of hydrogen-bond acceptors (Lipinski definition) is 13. The Morgan fingerprint density at radius 2 is 1.17 bits per heavy atom. The van der Waals surface area contributed by atoms with Gasteiger partial charge in [0.1, 0.15) is 24.9 Å². The highest BCUT2D eigenvalue weighted by Crippen LogP contribution is 2.39. The van der Waals surface area contributed by atoms with Crippen molar-refractivity contribution in [2.75, 3.05) is 13.7 Å². The van der Waals surface area contributed by atoms with Crippen LogP contribution < -0.4 is 0 Å². The van der Waals surface area contributed by atoms with Crippen molar-refractivity contribution in [3.8, 4) is 0 Å². The van der Waals surface area contributed by atoms with Crippen LogP contribution >= 0.6 is 7.82 Å². The Labute approximate surface area is 207 Å². The van der Waals surface area contributed by atoms with Crippen LogP contribution in [0.4, 0.5) is 0 Å². The van der Waals surface area contributed by atoms with E-state index < -0.39 is 87.3 Å². The van der Waals surface area contributed by atoms with E-state index in [1.54, 1.807) is 0 Å². The second kappa shape index (κ2) is 15.5. The summed E-state index contributed by atoms with van der Waals surface area (Å²) in [6.07, 6.45) is -7.95. The average Bonchev–Trinajstić information content (AvgIpc) is 2.69. The normalized spacial score (nSPS) is 16.4. The van der Waals surface area contributed by atoms with Crippen LogP contribution in [0, 0.1) is 5.92 Å². The lowest BCUT2D eigenvalue weighted by Crippen LogP contribution is -2.49. The molecule has 0 aliphatic rings. The summed E-state index contributed by atoms with van der Waals surface area (Å²) in [5, 5.41) is 0. The Balaban J connectivity index is 6.40. The maximum absolute atomic E-state index is 11.9. The molecule has 0 aliphatic heterocycles. The summed E-state index contributed by atoms with van der Waals surface area (Å²) in [5.74, 6) is -5.02. The van der Waals surface area contributed by atoms with Crippen LogP contribution in [0.5, 0.6) is 0 Å². The number of ether oxygens (including phenoxy) is 6. The van der Waals surface area contributed by atoms with E-state index in [0.29, 0.717) is 0 Å². The molecule has 36 heavy (non-hydrogen) atoms. The molecular weight excluding hydrogens is 511 g/mol. The molecule has 0 radical (unpaired) electrons. The molecule has 0 aromatic rings. The molecule has 0 saturated carbocycles. The molecule has 0 rings (SSSR count). The van der Waals surface area contributed by atoms with E-state index in [-0.39, 0.29) is 0 Å². The number of methoxy groups -OCH3 is 1. The molecule has 0 spiro atoms. The lowest BCUT2D eigenvalue weighted by Gasteiger charge is -2.36. The predicted molar refractivity (Wildman–Crippen MR) is 117 cm³/mol. The van der Waals surface area contributed by atoms with Gasteiger partial charge in [-0.05, 0) is 0 Å². The Hall–Kier alpha value is -2.58. The summed E-state index contributed by atoms with van der Waals surface area (Å²) >= 11 is 0. The first-order valence-corrected chi connectivity index (χ1v) is 12.1. The van der Waals surface area contributed by atoms with Crippen LogP contribution in [0.15, 0.2) is 0 Å². The Bertz CT molecular complexity index is 822. The maximum Gasteiger partial charge on any atom is 0.472 e. The summed E-state index contributed by atoms with van der Waals surface area (Å²) in [6, 6.07) is 0. The fourth-order valence-electron chi connectivity index (χ4n) is 3.15. The number of carbonyl (C=O) groups excluding carboxylic acids is 5. The first-order chi connectivity index (χ1) is 16.5. The first-order valence-electron chi connectivity index (χ1n) is 10.6. The molecule has 0 aliphatic carbocycles. The minimum absolute atomic E-state index is 0.434. The molecule has 0 bridgehead atoms. The third-order valence-electron chi connectivity index (χ3n) is 4.42. The lowest BCUT2D eigenvalue weighted by molar-refractivity contribution is -0.198. The Morgan fingerprint density at radius 3 is 1.56 bits per heavy atom. The van der Waals surface area contributed by atoms with Crippen molar-refractivity contribution in [3.05, 3.63) is 0 Å². The van der Waals surface area contributed by atoms with Gasteiger partial charge in [0.25, 0.3) is 0 Å². The third-order valence-corrected chi connectivity index (χ3v) is 4.90. The minimum Gasteiger partial charge on any atom is -0.462 e. The Kier molecular flexibility index (Phi) is 14.4. The van der Waals surface area contributed by atoms with Crippen molar-refractivity contribution in [1.29, 1.82) is 0 Å². The van der Waals surface area contributed by atoms with Gasteiger partial charge < -0.3 is 38.2 Å². The van der Waals surface area contributed by atoms with Crippen molar-refractivity contribution in [2.45, 2.75) is 78.7 Å². The summed E-state index contributed by atoms with van der Waals surface area (Å²) in [4.78, 5) is 76.8. The molecule has 3 unspecified atom stereocenters. The SMILES string of the molecule is COC(OP(=O)(O)O)[C@@H](C[C@@H](OC(C)=O)C(OC(C)=O)C(C)[C@@H](COC(C)=O)OC(C)=O)OC(C)=O. The monoisotopic (exact) mass is 544 g/mol. The zero-order valence-corrected chi connectivity index (χ0v) is 21.9. The van der Waals surface area contributed by atoms with Gasteiger partial charge in [0, 0.05) is 54.1 Å². The minimum atomic E-state index is -5.14. The van der Waals surface area contributed by atoms with Crippen molar-refractivity contribution < 1.29 is 71.3 Å². The van der Waals surface area contributed by atoms with Gasteiger partial charge in [-0.25, -0.2) is 4.57 Å². The molecule has 0 fully saturated rings. The van der Waals surface area contributed by atoms with Gasteiger partial charge in [0.2, 0.25) is 6.29 Å². The number of rotatable bonds is 15. The molecule has 0 amide bonds. The fourth-order valence-corrected chi connectivity index (χ4v) is 3.64. The predicted octanol–water partition coefficient (Wildman–Crippen LogP) is 0.384. The third kappa shape index (κ3) is 14.1. The van der Waals surface area contributed by atoms with E-state index in [0.717, 1.165) is 41.7 Å². The van der Waals surface area contributed by atoms with E-state index in [1.807, 2.05) is 0 Å². The second-order valence-electron chi connectivity index (χ2n) is 7.62. The molecule has 0 aromatic heterocycles. The smallest absolute Gasteiger partial charge is 0.462 e. The van der Waals surface area contributed by atoms with Crippen LogP contribution in [0.25, 0.3) is 0 Å². The first kappa shape index (κ1) is 33.4. The van der Waals surface area contributed by atoms with Crippen molar-refractivity contribution in [1.82, 2.24) is 0 Å². The number of phosphoric acid groups is 1. The number of carbonyl (C=O) groups is 5. The van der Waals surface area contributed by atoms with Crippen LogP contribution in [-0.4, -0.2) is 84.1 Å². The second-order valence-corrected chi connectivity index (χ2v) is 8.81. The molecule has 0 heterocycles. The van der Waals surface area contributed by atoms with E-state index >= 15 is 0 Å². The van der Waals surface area contributed by atoms with Gasteiger partial charge in [0.15, 0.2) is 6.10 Å². The number of hydrogen-bond donors (Lipinski definition) is 2. The topological polar surface area (TPSA) is 207 Å². The zero-order chi connectivity index (χ0) is 28.2. The molecule has 6 atom stereocenters. The summed E-state index contributed by atoms with van der Waals surface area (Å²) in [5.41, 5.74) is 0. The number of phosphoric ester groups is 1. The van der Waals surface area contributed by atoms with E-state index in [4.69, 9.17) is 28.4 Å². The van der Waals surface area contributed by atoms with Crippen molar-refractivity contribution in [3.63, 3.8) is 0 Å². The molecule has 16 heteroatoms. The zero-order valence-electron chi connectivity index (χ0n) is 21.0. The van der Waals surface area contributed by atoms with E-state index in [9.17, 15) is 38.3 Å². The lowest BCUT2D eigenvalue weighted by atomic mass is 9.90. The van der Waals surface area contributed by atoms with Gasteiger partial charge in [-0.2, -0.15) is 0 Å². The highest BCUT2D eigenvalue weighted by atomic mass is 31.2. The highest BCUT2D eigenvalue weighted by Gasteiger charge is 2.43. The molecule has 15 nitrogen and oxygen atoms in total. The van der Waals surface area contributed by atoms with Crippen LogP contribution in [0.2, 0.25) is 0 Å². The maximum atomic E-state index is 11.9. The standard InChI is InChI=1S/C20H33O15P/c1-10(18(33-14(5)24)9-30-11(2)21)19(34-15(6)25)16(31-12(3)22)8-17(32-13(4)23)20(29-7)35-36(26,27)28/h10,16-20H,8-9H2,1-7H3,(H2,26,27,28)/t10?,16-,17-,18-,19?,20?/m1/s1.